The lowest BCUT2D eigenvalue weighted by Gasteiger charge is -2.11. The van der Waals surface area contributed by atoms with Gasteiger partial charge in [-0.25, -0.2) is 0 Å². The Kier molecular flexibility index (Phi) is 7.51. The van der Waals surface area contributed by atoms with Gasteiger partial charge in [-0.3, -0.25) is 20.4 Å². The summed E-state index contributed by atoms with van der Waals surface area (Å²) in [5.41, 5.74) is 7.34. The van der Waals surface area contributed by atoms with E-state index in [0.29, 0.717) is 17.9 Å². The smallest absolute Gasteiger partial charge is 0.269 e. The highest BCUT2D eigenvalue weighted by molar-refractivity contribution is 7.80. The molecule has 0 heterocycles. The summed E-state index contributed by atoms with van der Waals surface area (Å²) in [6.45, 7) is 0.449. The fraction of sp³-hybridized carbons (Fsp3) is 0.0870. The lowest BCUT2D eigenvalue weighted by Crippen LogP contribution is -2.48. The Hall–Kier alpha value is -3.71. The Morgan fingerprint density at radius 2 is 1.37 bits per heavy atom. The van der Waals surface area contributed by atoms with E-state index in [0.717, 1.165) is 11.1 Å². The summed E-state index contributed by atoms with van der Waals surface area (Å²) in [5.74, 6) is 0.00388. The SMILES string of the molecule is O=C(Cc1ccccc1)NC(=S)NNC(=O)c1ccc(OCc2ccccc2)cc1. The molecule has 0 saturated carbocycles. The lowest BCUT2D eigenvalue weighted by atomic mass is 10.1. The molecule has 0 aliphatic heterocycles. The van der Waals surface area contributed by atoms with E-state index in [2.05, 4.69) is 16.2 Å². The number of ether oxygens (including phenoxy) is 1. The van der Waals surface area contributed by atoms with Crippen LogP contribution in [-0.2, 0) is 17.8 Å². The molecule has 0 bridgehead atoms. The molecule has 0 aliphatic carbocycles. The van der Waals surface area contributed by atoms with Crippen molar-refractivity contribution in [2.24, 2.45) is 0 Å². The highest BCUT2D eigenvalue weighted by Crippen LogP contribution is 2.14. The Bertz CT molecular complexity index is 993. The molecule has 30 heavy (non-hydrogen) atoms. The van der Waals surface area contributed by atoms with Gasteiger partial charge in [0, 0.05) is 5.56 Å². The number of carbonyl (C=O) groups is 2. The first kappa shape index (κ1) is 21.0. The minimum absolute atomic E-state index is 0.0205. The molecule has 0 atom stereocenters. The highest BCUT2D eigenvalue weighted by Gasteiger charge is 2.09. The average molecular weight is 420 g/mol. The monoisotopic (exact) mass is 419 g/mol. The van der Waals surface area contributed by atoms with Crippen molar-refractivity contribution in [2.45, 2.75) is 13.0 Å². The first-order valence-electron chi connectivity index (χ1n) is 9.31. The molecule has 0 unspecified atom stereocenters. The van der Waals surface area contributed by atoms with Gasteiger partial charge in [0.1, 0.15) is 12.4 Å². The fourth-order valence-corrected chi connectivity index (χ4v) is 2.78. The van der Waals surface area contributed by atoms with Crippen molar-refractivity contribution >= 4 is 29.1 Å². The normalized spacial score (nSPS) is 10.0. The van der Waals surface area contributed by atoms with Crippen LogP contribution in [0.3, 0.4) is 0 Å². The summed E-state index contributed by atoms with van der Waals surface area (Å²) < 4.78 is 5.70. The van der Waals surface area contributed by atoms with E-state index in [-0.39, 0.29) is 23.3 Å². The van der Waals surface area contributed by atoms with Gasteiger partial charge in [-0.1, -0.05) is 60.7 Å². The molecule has 0 aromatic heterocycles. The van der Waals surface area contributed by atoms with Crippen LogP contribution in [0, 0.1) is 0 Å². The molecule has 0 spiro atoms. The third kappa shape index (κ3) is 6.72. The van der Waals surface area contributed by atoms with Gasteiger partial charge in [0.15, 0.2) is 5.11 Å². The third-order valence-electron chi connectivity index (χ3n) is 4.11. The van der Waals surface area contributed by atoms with E-state index in [1.54, 1.807) is 24.3 Å². The molecule has 0 saturated heterocycles. The average Bonchev–Trinajstić information content (AvgIpc) is 2.77. The molecule has 3 rings (SSSR count). The Balaban J connectivity index is 1.41. The summed E-state index contributed by atoms with van der Waals surface area (Å²) in [4.78, 5) is 24.2. The molecular weight excluding hydrogens is 398 g/mol. The number of benzene rings is 3. The van der Waals surface area contributed by atoms with Crippen LogP contribution < -0.4 is 20.9 Å². The van der Waals surface area contributed by atoms with Crippen molar-refractivity contribution < 1.29 is 14.3 Å². The number of hydrazine groups is 1. The molecule has 0 fully saturated rings. The molecule has 7 heteroatoms. The van der Waals surface area contributed by atoms with Crippen LogP contribution in [0.25, 0.3) is 0 Å². The van der Waals surface area contributed by atoms with E-state index >= 15 is 0 Å². The van der Waals surface area contributed by atoms with Crippen molar-refractivity contribution in [1.29, 1.82) is 0 Å². The number of thiocarbonyl (C=S) groups is 1. The summed E-state index contributed by atoms with van der Waals surface area (Å²) >= 11 is 5.04. The van der Waals surface area contributed by atoms with Crippen LogP contribution in [0.5, 0.6) is 5.75 Å². The van der Waals surface area contributed by atoms with Crippen molar-refractivity contribution in [1.82, 2.24) is 16.2 Å². The van der Waals surface area contributed by atoms with Crippen LogP contribution in [0.15, 0.2) is 84.9 Å². The van der Waals surface area contributed by atoms with E-state index in [9.17, 15) is 9.59 Å². The molecule has 3 aromatic carbocycles. The molecule has 3 N–H and O–H groups in total. The predicted octanol–water partition coefficient (Wildman–Crippen LogP) is 3.14. The summed E-state index contributed by atoms with van der Waals surface area (Å²) in [7, 11) is 0. The maximum atomic E-state index is 12.2. The van der Waals surface area contributed by atoms with Crippen molar-refractivity contribution in [3.63, 3.8) is 0 Å². The van der Waals surface area contributed by atoms with Gasteiger partial charge in [-0.05, 0) is 47.6 Å². The zero-order valence-corrected chi connectivity index (χ0v) is 16.9. The van der Waals surface area contributed by atoms with Gasteiger partial charge in [0.05, 0.1) is 6.42 Å². The maximum Gasteiger partial charge on any atom is 0.269 e. The van der Waals surface area contributed by atoms with Crippen LogP contribution >= 0.6 is 12.2 Å². The standard InChI is InChI=1S/C23H21N3O3S/c27-21(15-17-7-3-1-4-8-17)24-23(30)26-25-22(28)19-11-13-20(14-12-19)29-16-18-9-5-2-6-10-18/h1-14H,15-16H2,(H,25,28)(H2,24,26,27,30). The molecule has 3 aromatic rings. The van der Waals surface area contributed by atoms with E-state index in [1.807, 2.05) is 60.7 Å². The van der Waals surface area contributed by atoms with Gasteiger partial charge in [-0.2, -0.15) is 0 Å². The zero-order chi connectivity index (χ0) is 21.2. The Morgan fingerprint density at radius 3 is 2.00 bits per heavy atom. The van der Waals surface area contributed by atoms with Gasteiger partial charge < -0.3 is 10.1 Å². The van der Waals surface area contributed by atoms with Crippen molar-refractivity contribution in [2.75, 3.05) is 0 Å². The quantitative estimate of drug-likeness (QED) is 0.423. The van der Waals surface area contributed by atoms with Gasteiger partial charge in [0.25, 0.3) is 5.91 Å². The lowest BCUT2D eigenvalue weighted by molar-refractivity contribution is -0.119. The van der Waals surface area contributed by atoms with Crippen molar-refractivity contribution in [3.05, 3.63) is 102 Å². The molecule has 0 aliphatic rings. The minimum atomic E-state index is -0.385. The number of rotatable bonds is 6. The summed E-state index contributed by atoms with van der Waals surface area (Å²) in [6, 6.07) is 25.9. The number of hydrogen-bond acceptors (Lipinski definition) is 4. The molecule has 2 amide bonds. The van der Waals surface area contributed by atoms with Crippen LogP contribution in [0.4, 0.5) is 0 Å². The van der Waals surface area contributed by atoms with Gasteiger partial charge >= 0.3 is 0 Å². The third-order valence-corrected chi connectivity index (χ3v) is 4.32. The first-order valence-corrected chi connectivity index (χ1v) is 9.72. The molecule has 152 valence electrons. The first-order chi connectivity index (χ1) is 14.6. The largest absolute Gasteiger partial charge is 0.489 e. The second-order valence-electron chi connectivity index (χ2n) is 6.42. The number of amides is 2. The van der Waals surface area contributed by atoms with Crippen molar-refractivity contribution in [3.8, 4) is 5.75 Å². The Morgan fingerprint density at radius 1 is 0.767 bits per heavy atom. The van der Waals surface area contributed by atoms with E-state index in [1.165, 1.54) is 0 Å². The Labute approximate surface area is 180 Å². The number of carbonyl (C=O) groups excluding carboxylic acids is 2. The predicted molar refractivity (Wildman–Crippen MR) is 119 cm³/mol. The van der Waals surface area contributed by atoms with E-state index < -0.39 is 0 Å². The maximum absolute atomic E-state index is 12.2. The molecular formula is C23H21N3O3S. The summed E-state index contributed by atoms with van der Waals surface area (Å²) in [5, 5.41) is 2.54. The fourth-order valence-electron chi connectivity index (χ4n) is 2.61. The second kappa shape index (κ2) is 10.7. The van der Waals surface area contributed by atoms with Crippen LogP contribution in [0.2, 0.25) is 0 Å². The molecule has 0 radical (unpaired) electrons. The number of nitrogens with one attached hydrogen (secondary N) is 3. The molecule has 6 nitrogen and oxygen atoms in total. The summed E-state index contributed by atoms with van der Waals surface area (Å²) in [6.07, 6.45) is 0.195. The number of hydrogen-bond donors (Lipinski definition) is 3. The second-order valence-corrected chi connectivity index (χ2v) is 6.83. The zero-order valence-electron chi connectivity index (χ0n) is 16.1. The van der Waals surface area contributed by atoms with E-state index in [4.69, 9.17) is 17.0 Å². The topological polar surface area (TPSA) is 79.5 Å². The van der Waals surface area contributed by atoms with Crippen LogP contribution in [0.1, 0.15) is 21.5 Å². The van der Waals surface area contributed by atoms with Crippen LogP contribution in [-0.4, -0.2) is 16.9 Å². The highest BCUT2D eigenvalue weighted by atomic mass is 32.1. The van der Waals surface area contributed by atoms with Gasteiger partial charge in [0.2, 0.25) is 5.91 Å². The minimum Gasteiger partial charge on any atom is -0.489 e. The van der Waals surface area contributed by atoms with Gasteiger partial charge in [-0.15, -0.1) is 0 Å².